The summed E-state index contributed by atoms with van der Waals surface area (Å²) in [4.78, 5) is 3.90. The summed E-state index contributed by atoms with van der Waals surface area (Å²) in [5.74, 6) is 0.878. The molecule has 0 radical (unpaired) electrons. The van der Waals surface area contributed by atoms with E-state index in [9.17, 15) is 5.11 Å². The number of rotatable bonds is 3. The van der Waals surface area contributed by atoms with Gasteiger partial charge in [0.25, 0.3) is 0 Å². The molecule has 0 saturated carbocycles. The molecule has 1 aromatic heterocycles. The maximum atomic E-state index is 9.26. The molecule has 0 aliphatic rings. The predicted molar refractivity (Wildman–Crippen MR) is 61.7 cm³/mol. The third kappa shape index (κ3) is 2.87. The van der Waals surface area contributed by atoms with Crippen LogP contribution in [0.2, 0.25) is 5.15 Å². The van der Waals surface area contributed by atoms with E-state index in [1.807, 2.05) is 6.07 Å². The minimum Gasteiger partial charge on any atom is -0.508 e. The number of hydrogen-bond acceptors (Lipinski definition) is 3. The Morgan fingerprint density at radius 3 is 2.81 bits per heavy atom. The second-order valence-corrected chi connectivity index (χ2v) is 3.66. The molecular formula is C12H10ClNO2. The van der Waals surface area contributed by atoms with Crippen molar-refractivity contribution in [3.63, 3.8) is 0 Å². The van der Waals surface area contributed by atoms with Crippen molar-refractivity contribution in [2.24, 2.45) is 0 Å². The number of ether oxygens (including phenoxy) is 1. The van der Waals surface area contributed by atoms with Crippen LogP contribution in [0, 0.1) is 0 Å². The van der Waals surface area contributed by atoms with E-state index in [0.717, 1.165) is 5.56 Å². The van der Waals surface area contributed by atoms with Crippen LogP contribution >= 0.6 is 11.6 Å². The molecule has 2 rings (SSSR count). The van der Waals surface area contributed by atoms with Gasteiger partial charge in [0.05, 0.1) is 6.20 Å². The topological polar surface area (TPSA) is 42.4 Å². The lowest BCUT2D eigenvalue weighted by Gasteiger charge is -2.05. The summed E-state index contributed by atoms with van der Waals surface area (Å²) in [5, 5.41) is 9.70. The number of nitrogens with zero attached hydrogens (tertiary/aromatic N) is 1. The van der Waals surface area contributed by atoms with Gasteiger partial charge < -0.3 is 9.84 Å². The standard InChI is InChI=1S/C12H10ClNO2/c13-12-5-4-11(7-14-12)16-8-9-2-1-3-10(15)6-9/h1-7,15H,8H2. The van der Waals surface area contributed by atoms with Gasteiger partial charge in [-0.15, -0.1) is 0 Å². The van der Waals surface area contributed by atoms with Crippen LogP contribution in [0.25, 0.3) is 0 Å². The van der Waals surface area contributed by atoms with E-state index in [2.05, 4.69) is 4.98 Å². The van der Waals surface area contributed by atoms with E-state index in [1.165, 1.54) is 0 Å². The summed E-state index contributed by atoms with van der Waals surface area (Å²) in [5.41, 5.74) is 0.898. The molecule has 4 heteroatoms. The van der Waals surface area contributed by atoms with Crippen LogP contribution in [0.5, 0.6) is 11.5 Å². The van der Waals surface area contributed by atoms with E-state index in [-0.39, 0.29) is 5.75 Å². The first kappa shape index (κ1) is 10.8. The van der Waals surface area contributed by atoms with Gasteiger partial charge >= 0.3 is 0 Å². The van der Waals surface area contributed by atoms with Crippen LogP contribution in [-0.4, -0.2) is 10.1 Å². The largest absolute Gasteiger partial charge is 0.508 e. The number of aromatic hydroxyl groups is 1. The van der Waals surface area contributed by atoms with Crippen molar-refractivity contribution in [1.82, 2.24) is 4.98 Å². The van der Waals surface area contributed by atoms with Crippen LogP contribution in [-0.2, 0) is 6.61 Å². The van der Waals surface area contributed by atoms with Crippen LogP contribution in [0.1, 0.15) is 5.56 Å². The Morgan fingerprint density at radius 2 is 2.12 bits per heavy atom. The van der Waals surface area contributed by atoms with E-state index in [4.69, 9.17) is 16.3 Å². The number of hydrogen-bond donors (Lipinski definition) is 1. The molecule has 0 amide bonds. The first-order chi connectivity index (χ1) is 7.74. The van der Waals surface area contributed by atoms with Crippen LogP contribution in [0.15, 0.2) is 42.6 Å². The van der Waals surface area contributed by atoms with Crippen molar-refractivity contribution in [1.29, 1.82) is 0 Å². The maximum absolute atomic E-state index is 9.26. The van der Waals surface area contributed by atoms with E-state index >= 15 is 0 Å². The van der Waals surface area contributed by atoms with Crippen molar-refractivity contribution in [3.05, 3.63) is 53.3 Å². The zero-order valence-corrected chi connectivity index (χ0v) is 9.19. The number of pyridine rings is 1. The Hall–Kier alpha value is -1.74. The van der Waals surface area contributed by atoms with E-state index < -0.39 is 0 Å². The minimum atomic E-state index is 0.232. The lowest BCUT2D eigenvalue weighted by molar-refractivity contribution is 0.304. The first-order valence-electron chi connectivity index (χ1n) is 4.76. The highest BCUT2D eigenvalue weighted by Crippen LogP contribution is 2.16. The summed E-state index contributed by atoms with van der Waals surface area (Å²) >= 11 is 5.65. The van der Waals surface area contributed by atoms with Gasteiger partial charge in [0.1, 0.15) is 23.3 Å². The Morgan fingerprint density at radius 1 is 1.25 bits per heavy atom. The molecule has 0 aliphatic carbocycles. The molecule has 1 heterocycles. The first-order valence-corrected chi connectivity index (χ1v) is 5.14. The molecule has 0 fully saturated rings. The molecule has 0 spiro atoms. The van der Waals surface area contributed by atoms with Crippen molar-refractivity contribution < 1.29 is 9.84 Å². The predicted octanol–water partition coefficient (Wildman–Crippen LogP) is 3.02. The third-order valence-electron chi connectivity index (χ3n) is 2.02. The molecule has 3 nitrogen and oxygen atoms in total. The highest BCUT2D eigenvalue weighted by atomic mass is 35.5. The number of aromatic nitrogens is 1. The number of halogens is 1. The fraction of sp³-hybridized carbons (Fsp3) is 0.0833. The van der Waals surface area contributed by atoms with Gasteiger partial charge in [-0.2, -0.15) is 0 Å². The molecule has 0 aliphatic heterocycles. The molecule has 1 N–H and O–H groups in total. The highest BCUT2D eigenvalue weighted by molar-refractivity contribution is 6.29. The Kier molecular flexibility index (Phi) is 3.27. The van der Waals surface area contributed by atoms with Crippen molar-refractivity contribution >= 4 is 11.6 Å². The van der Waals surface area contributed by atoms with Crippen LogP contribution in [0.3, 0.4) is 0 Å². The SMILES string of the molecule is Oc1cccc(COc2ccc(Cl)nc2)c1. The van der Waals surface area contributed by atoms with Gasteiger partial charge in [0.15, 0.2) is 0 Å². The summed E-state index contributed by atoms with van der Waals surface area (Å²) in [7, 11) is 0. The Bertz CT molecular complexity index is 471. The summed E-state index contributed by atoms with van der Waals surface area (Å²) in [6.45, 7) is 0.387. The molecule has 0 saturated heterocycles. The molecular weight excluding hydrogens is 226 g/mol. The molecule has 1 aromatic carbocycles. The molecule has 82 valence electrons. The van der Waals surface area contributed by atoms with Gasteiger partial charge in [0.2, 0.25) is 0 Å². The van der Waals surface area contributed by atoms with Gasteiger partial charge in [-0.3, -0.25) is 0 Å². The molecule has 2 aromatic rings. The number of benzene rings is 1. The average Bonchev–Trinajstić information content (AvgIpc) is 2.28. The Balaban J connectivity index is 1.99. The summed E-state index contributed by atoms with van der Waals surface area (Å²) < 4.78 is 5.47. The second kappa shape index (κ2) is 4.86. The smallest absolute Gasteiger partial charge is 0.138 e. The van der Waals surface area contributed by atoms with Crippen molar-refractivity contribution in [2.75, 3.05) is 0 Å². The maximum Gasteiger partial charge on any atom is 0.138 e. The normalized spacial score (nSPS) is 10.1. The van der Waals surface area contributed by atoms with Crippen molar-refractivity contribution in [2.45, 2.75) is 6.61 Å². The van der Waals surface area contributed by atoms with Gasteiger partial charge in [-0.25, -0.2) is 4.98 Å². The lowest BCUT2D eigenvalue weighted by atomic mass is 10.2. The zero-order chi connectivity index (χ0) is 11.4. The molecule has 0 unspecified atom stereocenters. The quantitative estimate of drug-likeness (QED) is 0.832. The van der Waals surface area contributed by atoms with Crippen LogP contribution < -0.4 is 4.74 Å². The zero-order valence-electron chi connectivity index (χ0n) is 8.43. The van der Waals surface area contributed by atoms with Gasteiger partial charge in [-0.1, -0.05) is 23.7 Å². The van der Waals surface area contributed by atoms with E-state index in [0.29, 0.717) is 17.5 Å². The van der Waals surface area contributed by atoms with Gasteiger partial charge in [-0.05, 0) is 29.8 Å². The third-order valence-corrected chi connectivity index (χ3v) is 2.24. The summed E-state index contributed by atoms with van der Waals surface area (Å²) in [6, 6.07) is 10.3. The van der Waals surface area contributed by atoms with Crippen molar-refractivity contribution in [3.8, 4) is 11.5 Å². The van der Waals surface area contributed by atoms with Gasteiger partial charge in [0, 0.05) is 0 Å². The fourth-order valence-corrected chi connectivity index (χ4v) is 1.37. The average molecular weight is 236 g/mol. The second-order valence-electron chi connectivity index (χ2n) is 3.28. The summed E-state index contributed by atoms with van der Waals surface area (Å²) in [6.07, 6.45) is 1.56. The minimum absolute atomic E-state index is 0.232. The van der Waals surface area contributed by atoms with Crippen LogP contribution in [0.4, 0.5) is 0 Å². The molecule has 16 heavy (non-hydrogen) atoms. The Labute approximate surface area is 98.3 Å². The van der Waals surface area contributed by atoms with E-state index in [1.54, 1.807) is 36.5 Å². The number of phenolic OH excluding ortho intramolecular Hbond substituents is 1. The molecule has 0 atom stereocenters. The highest BCUT2D eigenvalue weighted by Gasteiger charge is 1.97. The monoisotopic (exact) mass is 235 g/mol. The number of phenols is 1. The fourth-order valence-electron chi connectivity index (χ4n) is 1.26. The molecule has 0 bridgehead atoms. The lowest BCUT2D eigenvalue weighted by Crippen LogP contribution is -1.95.